The van der Waals surface area contributed by atoms with Gasteiger partial charge in [-0.3, -0.25) is 4.79 Å². The van der Waals surface area contributed by atoms with E-state index in [-0.39, 0.29) is 13.1 Å². The van der Waals surface area contributed by atoms with Crippen LogP contribution < -0.4 is 0 Å². The third kappa shape index (κ3) is 2.62. The van der Waals surface area contributed by atoms with E-state index >= 15 is 0 Å². The van der Waals surface area contributed by atoms with Crippen LogP contribution in [0.25, 0.3) is 0 Å². The quantitative estimate of drug-likeness (QED) is 0.663. The Hall–Kier alpha value is -0.710. The van der Waals surface area contributed by atoms with E-state index in [4.69, 9.17) is 5.11 Å². The Morgan fingerprint density at radius 2 is 1.92 bits per heavy atom. The number of carbonyl (C=O) groups is 1. The summed E-state index contributed by atoms with van der Waals surface area (Å²) in [6.45, 7) is 1.05. The Balaban J connectivity index is 2.50. The first kappa shape index (κ1) is 10.4. The Bertz CT molecular complexity index is 195. The standard InChI is InChI=1S/C8H13F2NO2/c1-8(9,10)7(13)11-4-2-6(12)3-5-11/h6,12H,2-5H2,1H3. The molecule has 1 saturated heterocycles. The molecule has 1 aliphatic rings. The second-order valence-electron chi connectivity index (χ2n) is 3.41. The molecule has 0 spiro atoms. The van der Waals surface area contributed by atoms with Crippen LogP contribution in [0.15, 0.2) is 0 Å². The molecule has 1 fully saturated rings. The van der Waals surface area contributed by atoms with Gasteiger partial charge in [-0.1, -0.05) is 0 Å². The third-order valence-corrected chi connectivity index (χ3v) is 2.13. The van der Waals surface area contributed by atoms with Crippen molar-refractivity contribution in [2.75, 3.05) is 13.1 Å². The summed E-state index contributed by atoms with van der Waals surface area (Å²) >= 11 is 0. The second-order valence-corrected chi connectivity index (χ2v) is 3.41. The number of aliphatic hydroxyl groups excluding tert-OH is 1. The summed E-state index contributed by atoms with van der Waals surface area (Å²) in [6, 6.07) is 0. The topological polar surface area (TPSA) is 40.5 Å². The number of likely N-dealkylation sites (tertiary alicyclic amines) is 1. The van der Waals surface area contributed by atoms with E-state index in [2.05, 4.69) is 0 Å². The molecule has 0 aromatic carbocycles. The zero-order chi connectivity index (χ0) is 10.1. The van der Waals surface area contributed by atoms with Gasteiger partial charge in [0.25, 0.3) is 5.91 Å². The van der Waals surface area contributed by atoms with E-state index in [9.17, 15) is 13.6 Å². The first-order valence-corrected chi connectivity index (χ1v) is 4.26. The van der Waals surface area contributed by atoms with Crippen molar-refractivity contribution < 1.29 is 18.7 Å². The third-order valence-electron chi connectivity index (χ3n) is 2.13. The minimum atomic E-state index is -3.29. The molecule has 1 aliphatic heterocycles. The molecular formula is C8H13F2NO2. The van der Waals surface area contributed by atoms with Crippen LogP contribution in [-0.4, -0.2) is 41.0 Å². The molecule has 0 bridgehead atoms. The molecule has 1 N–H and O–H groups in total. The first-order chi connectivity index (χ1) is 5.91. The number of hydrogen-bond acceptors (Lipinski definition) is 2. The lowest BCUT2D eigenvalue weighted by Crippen LogP contribution is -2.46. The SMILES string of the molecule is CC(F)(F)C(=O)N1CCC(O)CC1. The van der Waals surface area contributed by atoms with E-state index in [1.807, 2.05) is 0 Å². The largest absolute Gasteiger partial charge is 0.393 e. The molecule has 1 rings (SSSR count). The van der Waals surface area contributed by atoms with Crippen molar-refractivity contribution in [3.63, 3.8) is 0 Å². The number of carbonyl (C=O) groups excluding carboxylic acids is 1. The van der Waals surface area contributed by atoms with Crippen molar-refractivity contribution in [1.82, 2.24) is 4.90 Å². The van der Waals surface area contributed by atoms with Crippen LogP contribution in [0.3, 0.4) is 0 Å². The average molecular weight is 193 g/mol. The Labute approximate surface area is 75.3 Å². The van der Waals surface area contributed by atoms with Gasteiger partial charge in [0.1, 0.15) is 0 Å². The summed E-state index contributed by atoms with van der Waals surface area (Å²) in [7, 11) is 0. The first-order valence-electron chi connectivity index (χ1n) is 4.26. The lowest BCUT2D eigenvalue weighted by Gasteiger charge is -2.31. The fourth-order valence-electron chi connectivity index (χ4n) is 1.35. The molecule has 0 unspecified atom stereocenters. The van der Waals surface area contributed by atoms with Crippen LogP contribution in [0.5, 0.6) is 0 Å². The van der Waals surface area contributed by atoms with Gasteiger partial charge in [-0.15, -0.1) is 0 Å². The smallest absolute Gasteiger partial charge is 0.322 e. The molecule has 0 aliphatic carbocycles. The molecule has 0 saturated carbocycles. The number of rotatable bonds is 1. The number of aliphatic hydroxyl groups is 1. The van der Waals surface area contributed by atoms with Gasteiger partial charge in [0, 0.05) is 20.0 Å². The summed E-state index contributed by atoms with van der Waals surface area (Å²) in [5, 5.41) is 9.09. The maximum absolute atomic E-state index is 12.5. The van der Waals surface area contributed by atoms with Crippen molar-refractivity contribution in [2.24, 2.45) is 0 Å². The lowest BCUT2D eigenvalue weighted by atomic mass is 10.1. The van der Waals surface area contributed by atoms with Crippen molar-refractivity contribution in [3.05, 3.63) is 0 Å². The fraction of sp³-hybridized carbons (Fsp3) is 0.875. The number of piperidine rings is 1. The number of halogens is 2. The number of alkyl halides is 2. The van der Waals surface area contributed by atoms with Gasteiger partial charge in [-0.2, -0.15) is 8.78 Å². The van der Waals surface area contributed by atoms with E-state index in [0.717, 1.165) is 4.90 Å². The fourth-order valence-corrected chi connectivity index (χ4v) is 1.35. The van der Waals surface area contributed by atoms with Gasteiger partial charge < -0.3 is 10.0 Å². The zero-order valence-corrected chi connectivity index (χ0v) is 7.46. The molecule has 1 amide bonds. The van der Waals surface area contributed by atoms with E-state index in [1.54, 1.807) is 0 Å². The summed E-state index contributed by atoms with van der Waals surface area (Å²) < 4.78 is 25.1. The highest BCUT2D eigenvalue weighted by Gasteiger charge is 2.37. The van der Waals surface area contributed by atoms with Gasteiger partial charge in [-0.25, -0.2) is 0 Å². The molecule has 5 heteroatoms. The summed E-state index contributed by atoms with van der Waals surface area (Å²) in [4.78, 5) is 12.1. The maximum Gasteiger partial charge on any atom is 0.322 e. The van der Waals surface area contributed by atoms with Crippen molar-refractivity contribution in [3.8, 4) is 0 Å². The molecule has 76 valence electrons. The highest BCUT2D eigenvalue weighted by atomic mass is 19.3. The predicted octanol–water partition coefficient (Wildman–Crippen LogP) is 0.625. The van der Waals surface area contributed by atoms with Crippen molar-refractivity contribution >= 4 is 5.91 Å². The molecule has 3 nitrogen and oxygen atoms in total. The van der Waals surface area contributed by atoms with E-state index in [0.29, 0.717) is 19.8 Å². The molecular weight excluding hydrogens is 180 g/mol. The van der Waals surface area contributed by atoms with Crippen molar-refractivity contribution in [1.29, 1.82) is 0 Å². The van der Waals surface area contributed by atoms with Crippen LogP contribution in [0.1, 0.15) is 19.8 Å². The normalized spacial score (nSPS) is 20.5. The minimum Gasteiger partial charge on any atom is -0.393 e. The summed E-state index contributed by atoms with van der Waals surface area (Å²) in [5.41, 5.74) is 0. The molecule has 0 radical (unpaired) electrons. The van der Waals surface area contributed by atoms with Crippen LogP contribution in [0.4, 0.5) is 8.78 Å². The molecule has 1 heterocycles. The minimum absolute atomic E-state index is 0.226. The van der Waals surface area contributed by atoms with Crippen LogP contribution in [0.2, 0.25) is 0 Å². The Morgan fingerprint density at radius 1 is 1.46 bits per heavy atom. The molecule has 0 aromatic heterocycles. The van der Waals surface area contributed by atoms with Gasteiger partial charge in [-0.05, 0) is 12.8 Å². The van der Waals surface area contributed by atoms with Crippen molar-refractivity contribution in [2.45, 2.75) is 31.8 Å². The molecule has 0 atom stereocenters. The van der Waals surface area contributed by atoms with Crippen LogP contribution >= 0.6 is 0 Å². The number of hydrogen-bond donors (Lipinski definition) is 1. The molecule has 0 aromatic rings. The monoisotopic (exact) mass is 193 g/mol. The van der Waals surface area contributed by atoms with Gasteiger partial charge in [0.05, 0.1) is 6.10 Å². The lowest BCUT2D eigenvalue weighted by molar-refractivity contribution is -0.156. The number of amides is 1. The second kappa shape index (κ2) is 3.57. The molecule has 13 heavy (non-hydrogen) atoms. The Morgan fingerprint density at radius 3 is 2.31 bits per heavy atom. The zero-order valence-electron chi connectivity index (χ0n) is 7.46. The highest BCUT2D eigenvalue weighted by molar-refractivity contribution is 5.83. The van der Waals surface area contributed by atoms with Gasteiger partial charge in [0.15, 0.2) is 0 Å². The number of nitrogens with zero attached hydrogens (tertiary/aromatic N) is 1. The summed E-state index contributed by atoms with van der Waals surface area (Å²) in [5.74, 6) is -4.43. The van der Waals surface area contributed by atoms with Crippen LogP contribution in [-0.2, 0) is 4.79 Å². The van der Waals surface area contributed by atoms with Gasteiger partial charge >= 0.3 is 5.92 Å². The Kier molecular flexibility index (Phi) is 2.85. The summed E-state index contributed by atoms with van der Waals surface area (Å²) in [6.07, 6.45) is 0.332. The predicted molar refractivity (Wildman–Crippen MR) is 42.4 cm³/mol. The maximum atomic E-state index is 12.5. The average Bonchev–Trinajstić information content (AvgIpc) is 2.03. The van der Waals surface area contributed by atoms with E-state index < -0.39 is 17.9 Å². The van der Waals surface area contributed by atoms with Gasteiger partial charge in [0.2, 0.25) is 0 Å². The van der Waals surface area contributed by atoms with E-state index in [1.165, 1.54) is 0 Å². The van der Waals surface area contributed by atoms with Crippen LogP contribution in [0, 0.1) is 0 Å². The highest BCUT2D eigenvalue weighted by Crippen LogP contribution is 2.19.